The van der Waals surface area contributed by atoms with E-state index in [9.17, 15) is 4.79 Å². The molecule has 4 heteroatoms. The Hall–Kier alpha value is -2.59. The summed E-state index contributed by atoms with van der Waals surface area (Å²) >= 11 is 1.64. The smallest absolute Gasteiger partial charge is 0.150 e. The summed E-state index contributed by atoms with van der Waals surface area (Å²) < 4.78 is 1.11. The van der Waals surface area contributed by atoms with Crippen LogP contribution in [0.1, 0.15) is 16.1 Å². The lowest BCUT2D eigenvalue weighted by molar-refractivity contribution is 0.112. The van der Waals surface area contributed by atoms with Gasteiger partial charge >= 0.3 is 0 Å². The van der Waals surface area contributed by atoms with Gasteiger partial charge in [-0.3, -0.25) is 4.79 Å². The molecule has 108 valence electrons. The van der Waals surface area contributed by atoms with E-state index in [0.717, 1.165) is 44.5 Å². The molecule has 0 radical (unpaired) electrons. The lowest BCUT2D eigenvalue weighted by Gasteiger charge is -2.09. The molecule has 0 unspecified atom stereocenters. The average Bonchev–Trinajstić information content (AvgIpc) is 3.13. The van der Waals surface area contributed by atoms with E-state index < -0.39 is 0 Å². The molecule has 0 atom stereocenters. The van der Waals surface area contributed by atoms with Gasteiger partial charge in [0.1, 0.15) is 0 Å². The predicted octanol–water partition coefficient (Wildman–Crippen LogP) is 5.25. The molecule has 3 nitrogen and oxygen atoms in total. The molecule has 2 N–H and O–H groups in total. The van der Waals surface area contributed by atoms with Crippen LogP contribution in [0.2, 0.25) is 0 Å². The molecular formula is C18H14N2OS. The maximum atomic E-state index is 11.1. The molecule has 0 saturated carbocycles. The summed E-state index contributed by atoms with van der Waals surface area (Å²) in [6.45, 7) is 2.06. The summed E-state index contributed by atoms with van der Waals surface area (Å²) in [5, 5.41) is 7.67. The standard InChI is InChI=1S/C18H14N2OS/c1-11-8-13-9-14(3-5-16(13)19-11)20-17-4-2-12(10-21)15-6-7-22-18(15)17/h2-10,19-20H,1H3. The highest BCUT2D eigenvalue weighted by molar-refractivity contribution is 7.17. The number of carbonyl (C=O) groups excluding carboxylic acids is 1. The Balaban J connectivity index is 1.78. The van der Waals surface area contributed by atoms with Crippen molar-refractivity contribution in [3.8, 4) is 0 Å². The second-order valence-corrected chi connectivity index (χ2v) is 6.28. The second kappa shape index (κ2) is 5.00. The monoisotopic (exact) mass is 306 g/mol. The van der Waals surface area contributed by atoms with Crippen LogP contribution in [0, 0.1) is 6.92 Å². The molecule has 4 aromatic rings. The van der Waals surface area contributed by atoms with E-state index >= 15 is 0 Å². The number of aromatic amines is 1. The van der Waals surface area contributed by atoms with E-state index in [1.54, 1.807) is 11.3 Å². The first kappa shape index (κ1) is 13.1. The van der Waals surface area contributed by atoms with Gasteiger partial charge in [0.25, 0.3) is 0 Å². The number of benzene rings is 2. The van der Waals surface area contributed by atoms with Crippen molar-refractivity contribution in [1.29, 1.82) is 0 Å². The van der Waals surface area contributed by atoms with Crippen molar-refractivity contribution < 1.29 is 4.79 Å². The molecule has 0 aliphatic carbocycles. The topological polar surface area (TPSA) is 44.9 Å². The molecule has 0 fully saturated rings. The number of fused-ring (bicyclic) bond motifs is 2. The van der Waals surface area contributed by atoms with Crippen LogP contribution >= 0.6 is 11.3 Å². The summed E-state index contributed by atoms with van der Waals surface area (Å²) in [7, 11) is 0. The highest BCUT2D eigenvalue weighted by Gasteiger charge is 2.08. The Labute approximate surface area is 131 Å². The fraction of sp³-hybridized carbons (Fsp3) is 0.0556. The molecule has 2 aromatic heterocycles. The number of carbonyl (C=O) groups is 1. The molecule has 2 heterocycles. The number of hydrogen-bond donors (Lipinski definition) is 2. The van der Waals surface area contributed by atoms with Gasteiger partial charge in [-0.05, 0) is 54.8 Å². The maximum absolute atomic E-state index is 11.1. The minimum Gasteiger partial charge on any atom is -0.359 e. The second-order valence-electron chi connectivity index (χ2n) is 5.36. The lowest BCUT2D eigenvalue weighted by atomic mass is 10.1. The summed E-state index contributed by atoms with van der Waals surface area (Å²) in [6.07, 6.45) is 0.910. The fourth-order valence-corrected chi connectivity index (χ4v) is 3.70. The highest BCUT2D eigenvalue weighted by Crippen LogP contribution is 2.33. The molecular weight excluding hydrogens is 292 g/mol. The Morgan fingerprint density at radius 1 is 1.14 bits per heavy atom. The van der Waals surface area contributed by atoms with Crippen molar-refractivity contribution in [2.75, 3.05) is 5.32 Å². The van der Waals surface area contributed by atoms with Crippen molar-refractivity contribution >= 4 is 50.0 Å². The zero-order valence-electron chi connectivity index (χ0n) is 12.0. The lowest BCUT2D eigenvalue weighted by Crippen LogP contribution is -1.91. The molecule has 0 saturated heterocycles. The summed E-state index contributed by atoms with van der Waals surface area (Å²) in [5.74, 6) is 0. The minimum absolute atomic E-state index is 0.735. The van der Waals surface area contributed by atoms with Gasteiger partial charge in [0, 0.05) is 33.2 Å². The van der Waals surface area contributed by atoms with Crippen molar-refractivity contribution in [2.45, 2.75) is 6.92 Å². The number of H-pyrrole nitrogens is 1. The summed E-state index contributed by atoms with van der Waals surface area (Å²) in [6, 6.07) is 14.2. The van der Waals surface area contributed by atoms with E-state index in [-0.39, 0.29) is 0 Å². The molecule has 2 aromatic carbocycles. The van der Waals surface area contributed by atoms with Crippen LogP contribution < -0.4 is 5.32 Å². The van der Waals surface area contributed by atoms with Crippen LogP contribution in [0.5, 0.6) is 0 Å². The van der Waals surface area contributed by atoms with E-state index in [1.807, 2.05) is 23.6 Å². The number of aldehydes is 1. The van der Waals surface area contributed by atoms with Gasteiger partial charge < -0.3 is 10.3 Å². The van der Waals surface area contributed by atoms with Gasteiger partial charge in [0.2, 0.25) is 0 Å². The third kappa shape index (κ3) is 2.09. The van der Waals surface area contributed by atoms with E-state index in [2.05, 4.69) is 41.5 Å². The Morgan fingerprint density at radius 2 is 2.05 bits per heavy atom. The van der Waals surface area contributed by atoms with Gasteiger partial charge in [-0.2, -0.15) is 0 Å². The first-order chi connectivity index (χ1) is 10.7. The van der Waals surface area contributed by atoms with Crippen molar-refractivity contribution in [2.24, 2.45) is 0 Å². The minimum atomic E-state index is 0.735. The zero-order chi connectivity index (χ0) is 15.1. The van der Waals surface area contributed by atoms with Crippen LogP contribution in [0.25, 0.3) is 21.0 Å². The fourth-order valence-electron chi connectivity index (χ4n) is 2.80. The van der Waals surface area contributed by atoms with Crippen molar-refractivity contribution in [3.63, 3.8) is 0 Å². The third-order valence-electron chi connectivity index (χ3n) is 3.81. The number of aryl methyl sites for hydroxylation is 1. The molecule has 0 spiro atoms. The largest absolute Gasteiger partial charge is 0.359 e. The first-order valence-corrected chi connectivity index (χ1v) is 7.94. The molecule has 0 aliphatic heterocycles. The number of rotatable bonds is 3. The molecule has 0 amide bonds. The van der Waals surface area contributed by atoms with Gasteiger partial charge in [-0.1, -0.05) is 0 Å². The Kier molecular flexibility index (Phi) is 2.98. The van der Waals surface area contributed by atoms with Gasteiger partial charge in [0.15, 0.2) is 6.29 Å². The van der Waals surface area contributed by atoms with E-state index in [1.165, 1.54) is 5.39 Å². The van der Waals surface area contributed by atoms with Gasteiger partial charge in [-0.25, -0.2) is 0 Å². The number of anilines is 2. The van der Waals surface area contributed by atoms with E-state index in [4.69, 9.17) is 0 Å². The number of thiophene rings is 1. The average molecular weight is 306 g/mol. The number of nitrogens with one attached hydrogen (secondary N) is 2. The summed E-state index contributed by atoms with van der Waals surface area (Å²) in [4.78, 5) is 14.4. The predicted molar refractivity (Wildman–Crippen MR) is 93.5 cm³/mol. The van der Waals surface area contributed by atoms with Crippen LogP contribution in [0.15, 0.2) is 47.8 Å². The van der Waals surface area contributed by atoms with Crippen LogP contribution in [0.3, 0.4) is 0 Å². The Morgan fingerprint density at radius 3 is 2.91 bits per heavy atom. The first-order valence-electron chi connectivity index (χ1n) is 7.06. The van der Waals surface area contributed by atoms with E-state index in [0.29, 0.717) is 0 Å². The molecule has 0 bridgehead atoms. The molecule has 0 aliphatic rings. The molecule has 22 heavy (non-hydrogen) atoms. The number of hydrogen-bond acceptors (Lipinski definition) is 3. The quantitative estimate of drug-likeness (QED) is 0.508. The summed E-state index contributed by atoms with van der Waals surface area (Å²) in [5.41, 5.74) is 5.10. The van der Waals surface area contributed by atoms with Crippen molar-refractivity contribution in [1.82, 2.24) is 4.98 Å². The SMILES string of the molecule is Cc1cc2cc(Nc3ccc(C=O)c4ccsc34)ccc2[nH]1. The van der Waals surface area contributed by atoms with Gasteiger partial charge in [0.05, 0.1) is 10.4 Å². The highest BCUT2D eigenvalue weighted by atomic mass is 32.1. The van der Waals surface area contributed by atoms with Crippen LogP contribution in [0.4, 0.5) is 11.4 Å². The third-order valence-corrected chi connectivity index (χ3v) is 4.76. The van der Waals surface area contributed by atoms with Gasteiger partial charge in [-0.15, -0.1) is 11.3 Å². The Bertz CT molecular complexity index is 997. The van der Waals surface area contributed by atoms with Crippen LogP contribution in [-0.4, -0.2) is 11.3 Å². The van der Waals surface area contributed by atoms with Crippen molar-refractivity contribution in [3.05, 3.63) is 59.1 Å². The molecule has 4 rings (SSSR count). The van der Waals surface area contributed by atoms with Crippen LogP contribution in [-0.2, 0) is 0 Å². The maximum Gasteiger partial charge on any atom is 0.150 e. The zero-order valence-corrected chi connectivity index (χ0v) is 12.8. The number of aromatic nitrogens is 1. The normalized spacial score (nSPS) is 11.1.